The zero-order valence-corrected chi connectivity index (χ0v) is 11.1. The molecule has 100 valence electrons. The number of carbonyl (C=O) groups excluding carboxylic acids is 1. The van der Waals surface area contributed by atoms with E-state index < -0.39 is 0 Å². The van der Waals surface area contributed by atoms with Crippen LogP contribution in [0.2, 0.25) is 0 Å². The van der Waals surface area contributed by atoms with Gasteiger partial charge in [-0.3, -0.25) is 9.48 Å². The Kier molecular flexibility index (Phi) is 4.12. The fourth-order valence-corrected chi connectivity index (χ4v) is 1.57. The number of hydrogen-bond donors (Lipinski definition) is 2. The Labute approximate surface area is 111 Å². The molecule has 6 nitrogen and oxygen atoms in total. The zero-order chi connectivity index (χ0) is 13.7. The van der Waals surface area contributed by atoms with Crippen molar-refractivity contribution < 1.29 is 4.79 Å². The van der Waals surface area contributed by atoms with Gasteiger partial charge in [0.25, 0.3) is 5.91 Å². The minimum atomic E-state index is -0.192. The summed E-state index contributed by atoms with van der Waals surface area (Å²) in [5.74, 6) is 0.585. The first-order chi connectivity index (χ1) is 9.19. The summed E-state index contributed by atoms with van der Waals surface area (Å²) in [5, 5.41) is 9.90. The molecule has 0 spiro atoms. The number of pyridine rings is 1. The van der Waals surface area contributed by atoms with Crippen LogP contribution in [0.25, 0.3) is 0 Å². The Hall–Kier alpha value is -2.37. The molecule has 2 aromatic rings. The van der Waals surface area contributed by atoms with Crippen molar-refractivity contribution >= 4 is 17.4 Å². The van der Waals surface area contributed by atoms with Gasteiger partial charge in [0.1, 0.15) is 5.82 Å². The SMILES string of the molecule is CCCNc1ccc(C(=O)Nc2cnn(C)c2)cn1. The maximum atomic E-state index is 11.9. The van der Waals surface area contributed by atoms with Crippen molar-refractivity contribution in [2.24, 2.45) is 7.05 Å². The number of aryl methyl sites for hydroxylation is 1. The second-order valence-corrected chi connectivity index (χ2v) is 4.22. The highest BCUT2D eigenvalue weighted by Crippen LogP contribution is 2.09. The zero-order valence-electron chi connectivity index (χ0n) is 11.1. The fraction of sp³-hybridized carbons (Fsp3) is 0.308. The van der Waals surface area contributed by atoms with Gasteiger partial charge in [-0.1, -0.05) is 6.92 Å². The number of nitrogens with one attached hydrogen (secondary N) is 2. The van der Waals surface area contributed by atoms with Crippen LogP contribution >= 0.6 is 0 Å². The molecule has 0 fully saturated rings. The standard InChI is InChI=1S/C13H17N5O/c1-3-6-14-12-5-4-10(7-15-12)13(19)17-11-8-16-18(2)9-11/h4-5,7-9H,3,6H2,1-2H3,(H,14,15)(H,17,19). The van der Waals surface area contributed by atoms with Gasteiger partial charge < -0.3 is 10.6 Å². The van der Waals surface area contributed by atoms with Crippen LogP contribution in [0.3, 0.4) is 0 Å². The molecule has 0 saturated carbocycles. The van der Waals surface area contributed by atoms with E-state index in [1.165, 1.54) is 0 Å². The second-order valence-electron chi connectivity index (χ2n) is 4.22. The molecule has 0 aliphatic heterocycles. The predicted octanol–water partition coefficient (Wildman–Crippen LogP) is 1.89. The van der Waals surface area contributed by atoms with Gasteiger partial charge in [-0.05, 0) is 18.6 Å². The van der Waals surface area contributed by atoms with Gasteiger partial charge >= 0.3 is 0 Å². The van der Waals surface area contributed by atoms with E-state index in [0.29, 0.717) is 11.3 Å². The molecule has 2 heterocycles. The number of aromatic nitrogens is 3. The van der Waals surface area contributed by atoms with Crippen molar-refractivity contribution in [3.8, 4) is 0 Å². The normalized spacial score (nSPS) is 10.2. The van der Waals surface area contributed by atoms with Gasteiger partial charge in [0.2, 0.25) is 0 Å². The van der Waals surface area contributed by atoms with E-state index in [1.807, 2.05) is 0 Å². The number of nitrogens with zero attached hydrogens (tertiary/aromatic N) is 3. The molecule has 6 heteroatoms. The molecule has 0 saturated heterocycles. The molecular weight excluding hydrogens is 242 g/mol. The average molecular weight is 259 g/mol. The van der Waals surface area contributed by atoms with E-state index in [4.69, 9.17) is 0 Å². The molecule has 0 bridgehead atoms. The fourth-order valence-electron chi connectivity index (χ4n) is 1.57. The summed E-state index contributed by atoms with van der Waals surface area (Å²) < 4.78 is 1.63. The van der Waals surface area contributed by atoms with Crippen molar-refractivity contribution in [1.82, 2.24) is 14.8 Å². The average Bonchev–Trinajstić information content (AvgIpc) is 2.82. The Balaban J connectivity index is 1.99. The first kappa shape index (κ1) is 13.1. The molecule has 19 heavy (non-hydrogen) atoms. The molecule has 2 aromatic heterocycles. The molecule has 0 aliphatic carbocycles. The van der Waals surface area contributed by atoms with E-state index in [1.54, 1.807) is 42.5 Å². The van der Waals surface area contributed by atoms with Gasteiger partial charge in [-0.25, -0.2) is 4.98 Å². The first-order valence-electron chi connectivity index (χ1n) is 6.19. The number of carbonyl (C=O) groups is 1. The third kappa shape index (κ3) is 3.54. The summed E-state index contributed by atoms with van der Waals surface area (Å²) in [6.07, 6.45) is 5.93. The van der Waals surface area contributed by atoms with E-state index in [2.05, 4.69) is 27.6 Å². The number of anilines is 2. The lowest BCUT2D eigenvalue weighted by Crippen LogP contribution is -2.12. The van der Waals surface area contributed by atoms with Crippen LogP contribution in [0, 0.1) is 0 Å². The van der Waals surface area contributed by atoms with Crippen molar-refractivity contribution in [3.63, 3.8) is 0 Å². The predicted molar refractivity (Wildman–Crippen MR) is 74.2 cm³/mol. The number of rotatable bonds is 5. The van der Waals surface area contributed by atoms with Crippen LogP contribution in [0.4, 0.5) is 11.5 Å². The first-order valence-corrected chi connectivity index (χ1v) is 6.19. The van der Waals surface area contributed by atoms with Crippen LogP contribution < -0.4 is 10.6 Å². The maximum Gasteiger partial charge on any atom is 0.257 e. The second kappa shape index (κ2) is 5.99. The van der Waals surface area contributed by atoms with Crippen molar-refractivity contribution in [2.75, 3.05) is 17.2 Å². The molecule has 1 amide bonds. The Bertz CT molecular complexity index is 546. The highest BCUT2D eigenvalue weighted by atomic mass is 16.1. The van der Waals surface area contributed by atoms with E-state index >= 15 is 0 Å². The topological polar surface area (TPSA) is 71.8 Å². The van der Waals surface area contributed by atoms with Gasteiger partial charge in [0.05, 0.1) is 17.4 Å². The highest BCUT2D eigenvalue weighted by molar-refractivity contribution is 6.04. The third-order valence-electron chi connectivity index (χ3n) is 2.54. The van der Waals surface area contributed by atoms with Crippen molar-refractivity contribution in [1.29, 1.82) is 0 Å². The van der Waals surface area contributed by atoms with E-state index in [-0.39, 0.29) is 5.91 Å². The largest absolute Gasteiger partial charge is 0.370 e. The monoisotopic (exact) mass is 259 g/mol. The minimum absolute atomic E-state index is 0.192. The van der Waals surface area contributed by atoms with Crippen molar-refractivity contribution in [3.05, 3.63) is 36.3 Å². The molecule has 0 aromatic carbocycles. The van der Waals surface area contributed by atoms with Crippen molar-refractivity contribution in [2.45, 2.75) is 13.3 Å². The molecule has 2 N–H and O–H groups in total. The summed E-state index contributed by atoms with van der Waals surface area (Å²) in [6.45, 7) is 2.96. The summed E-state index contributed by atoms with van der Waals surface area (Å²) in [4.78, 5) is 16.1. The summed E-state index contributed by atoms with van der Waals surface area (Å²) in [6, 6.07) is 3.55. The number of amides is 1. The lowest BCUT2D eigenvalue weighted by molar-refractivity contribution is 0.102. The quantitative estimate of drug-likeness (QED) is 0.860. The van der Waals surface area contributed by atoms with Gasteiger partial charge in [-0.2, -0.15) is 5.10 Å². The van der Waals surface area contributed by atoms with E-state index in [0.717, 1.165) is 18.8 Å². The molecule has 0 radical (unpaired) electrons. The Morgan fingerprint density at radius 1 is 1.37 bits per heavy atom. The number of hydrogen-bond acceptors (Lipinski definition) is 4. The van der Waals surface area contributed by atoms with Crippen LogP contribution in [0.15, 0.2) is 30.7 Å². The summed E-state index contributed by atoms with van der Waals surface area (Å²) >= 11 is 0. The van der Waals surface area contributed by atoms with Crippen LogP contribution in [-0.4, -0.2) is 27.2 Å². The van der Waals surface area contributed by atoms with E-state index in [9.17, 15) is 4.79 Å². The van der Waals surface area contributed by atoms with Crippen LogP contribution in [0.5, 0.6) is 0 Å². The lowest BCUT2D eigenvalue weighted by Gasteiger charge is -2.05. The maximum absolute atomic E-state index is 11.9. The Morgan fingerprint density at radius 3 is 2.79 bits per heavy atom. The molecule has 0 atom stereocenters. The summed E-state index contributed by atoms with van der Waals surface area (Å²) in [7, 11) is 1.80. The van der Waals surface area contributed by atoms with Gasteiger partial charge in [-0.15, -0.1) is 0 Å². The minimum Gasteiger partial charge on any atom is -0.370 e. The smallest absolute Gasteiger partial charge is 0.257 e. The van der Waals surface area contributed by atoms with Crippen LogP contribution in [-0.2, 0) is 7.05 Å². The molecule has 0 unspecified atom stereocenters. The molecule has 2 rings (SSSR count). The van der Waals surface area contributed by atoms with Gasteiger partial charge in [0.15, 0.2) is 0 Å². The van der Waals surface area contributed by atoms with Crippen LogP contribution in [0.1, 0.15) is 23.7 Å². The van der Waals surface area contributed by atoms with Gasteiger partial charge in [0, 0.05) is 26.0 Å². The molecule has 0 aliphatic rings. The highest BCUT2D eigenvalue weighted by Gasteiger charge is 2.07. The molecular formula is C13H17N5O. The summed E-state index contributed by atoms with van der Waals surface area (Å²) in [5.41, 5.74) is 1.19. The third-order valence-corrected chi connectivity index (χ3v) is 2.54. The Morgan fingerprint density at radius 2 is 2.21 bits per heavy atom. The lowest BCUT2D eigenvalue weighted by atomic mass is 10.2.